The van der Waals surface area contributed by atoms with Crippen molar-refractivity contribution in [2.45, 2.75) is 13.0 Å². The molecule has 0 radical (unpaired) electrons. The van der Waals surface area contributed by atoms with Gasteiger partial charge in [-0.25, -0.2) is 4.98 Å². The van der Waals surface area contributed by atoms with E-state index in [-0.39, 0.29) is 0 Å². The van der Waals surface area contributed by atoms with Crippen molar-refractivity contribution in [1.29, 1.82) is 5.26 Å². The fraction of sp³-hybridized carbons (Fsp3) is 0.364. The summed E-state index contributed by atoms with van der Waals surface area (Å²) in [5.74, 6) is 0.873. The zero-order chi connectivity index (χ0) is 11.4. The Morgan fingerprint density at radius 2 is 2.38 bits per heavy atom. The summed E-state index contributed by atoms with van der Waals surface area (Å²) >= 11 is 5.72. The van der Waals surface area contributed by atoms with Crippen LogP contribution in [0.2, 0.25) is 5.15 Å². The van der Waals surface area contributed by atoms with Gasteiger partial charge in [0.25, 0.3) is 0 Å². The van der Waals surface area contributed by atoms with E-state index in [1.54, 1.807) is 12.3 Å². The van der Waals surface area contributed by atoms with Gasteiger partial charge in [-0.3, -0.25) is 4.99 Å². The van der Waals surface area contributed by atoms with E-state index in [1.807, 2.05) is 6.07 Å². The smallest absolute Gasteiger partial charge is 0.129 e. The molecule has 0 unspecified atom stereocenters. The van der Waals surface area contributed by atoms with Crippen LogP contribution in [0.5, 0.6) is 0 Å². The molecule has 1 aromatic rings. The van der Waals surface area contributed by atoms with Crippen LogP contribution in [-0.4, -0.2) is 28.8 Å². The van der Waals surface area contributed by atoms with E-state index in [0.29, 0.717) is 11.6 Å². The monoisotopic (exact) mass is 234 g/mol. The average Bonchev–Trinajstić information content (AvgIpc) is 2.70. The molecule has 1 aliphatic heterocycles. The summed E-state index contributed by atoms with van der Waals surface area (Å²) in [6, 6.07) is 5.84. The highest BCUT2D eigenvalue weighted by atomic mass is 35.5. The second kappa shape index (κ2) is 4.95. The summed E-state index contributed by atoms with van der Waals surface area (Å²) in [6.07, 6.45) is 2.13. The van der Waals surface area contributed by atoms with Gasteiger partial charge in [0, 0.05) is 19.3 Å². The van der Waals surface area contributed by atoms with Crippen molar-refractivity contribution < 1.29 is 0 Å². The molecule has 0 N–H and O–H groups in total. The summed E-state index contributed by atoms with van der Waals surface area (Å²) in [6.45, 7) is 2.39. The van der Waals surface area contributed by atoms with Gasteiger partial charge in [-0.1, -0.05) is 17.7 Å². The third-order valence-corrected chi connectivity index (χ3v) is 2.65. The molecular weight excluding hydrogens is 224 g/mol. The van der Waals surface area contributed by atoms with Crippen LogP contribution < -0.4 is 0 Å². The Balaban J connectivity index is 2.02. The van der Waals surface area contributed by atoms with Crippen LogP contribution in [0.15, 0.2) is 23.3 Å². The van der Waals surface area contributed by atoms with Gasteiger partial charge in [-0.15, -0.1) is 0 Å². The molecule has 0 bridgehead atoms. The van der Waals surface area contributed by atoms with Crippen LogP contribution in [0, 0.1) is 11.3 Å². The topological polar surface area (TPSA) is 52.3 Å². The first-order valence-electron chi connectivity index (χ1n) is 5.05. The van der Waals surface area contributed by atoms with E-state index in [0.717, 1.165) is 31.0 Å². The van der Waals surface area contributed by atoms with Crippen LogP contribution in [-0.2, 0) is 6.54 Å². The van der Waals surface area contributed by atoms with Crippen molar-refractivity contribution in [3.05, 3.63) is 29.0 Å². The van der Waals surface area contributed by atoms with E-state index < -0.39 is 0 Å². The molecule has 5 heteroatoms. The minimum absolute atomic E-state index is 0.376. The maximum Gasteiger partial charge on any atom is 0.129 e. The van der Waals surface area contributed by atoms with Gasteiger partial charge >= 0.3 is 0 Å². The molecule has 0 aromatic carbocycles. The second-order valence-corrected chi connectivity index (χ2v) is 3.93. The van der Waals surface area contributed by atoms with E-state index in [2.05, 4.69) is 20.9 Å². The van der Waals surface area contributed by atoms with Crippen molar-refractivity contribution in [1.82, 2.24) is 9.88 Å². The zero-order valence-electron chi connectivity index (χ0n) is 8.73. The van der Waals surface area contributed by atoms with Gasteiger partial charge in [0.15, 0.2) is 0 Å². The predicted octanol–water partition coefficient (Wildman–Crippen LogP) is 1.86. The number of nitriles is 1. The van der Waals surface area contributed by atoms with Crippen LogP contribution in [0.1, 0.15) is 12.0 Å². The minimum atomic E-state index is 0.376. The molecule has 0 saturated carbocycles. The second-order valence-electron chi connectivity index (χ2n) is 3.54. The van der Waals surface area contributed by atoms with Crippen LogP contribution in [0.25, 0.3) is 0 Å². The molecule has 0 fully saturated rings. The number of hydrogen-bond acceptors (Lipinski definition) is 4. The zero-order valence-corrected chi connectivity index (χ0v) is 9.48. The fourth-order valence-electron chi connectivity index (χ4n) is 1.66. The van der Waals surface area contributed by atoms with Crippen molar-refractivity contribution in [3.63, 3.8) is 0 Å². The minimum Gasteiger partial charge on any atom is -0.353 e. The number of rotatable bonds is 3. The van der Waals surface area contributed by atoms with Crippen molar-refractivity contribution in [3.8, 4) is 6.07 Å². The third-order valence-electron chi connectivity index (χ3n) is 2.43. The molecule has 0 saturated heterocycles. The molecule has 1 aromatic heterocycles. The number of hydrogen-bond donors (Lipinski definition) is 0. The number of aromatic nitrogens is 1. The molecule has 1 aliphatic rings. The summed E-state index contributed by atoms with van der Waals surface area (Å²) in [5, 5.41) is 9.16. The first-order valence-corrected chi connectivity index (χ1v) is 5.43. The average molecular weight is 235 g/mol. The first-order chi connectivity index (χ1) is 7.79. The number of nitrogens with zero attached hydrogens (tertiary/aromatic N) is 4. The van der Waals surface area contributed by atoms with Gasteiger partial charge in [-0.05, 0) is 11.6 Å². The Bertz CT molecular complexity index is 432. The highest BCUT2D eigenvalue weighted by molar-refractivity contribution is 6.29. The number of aliphatic imine (C=N–C) groups is 1. The molecule has 16 heavy (non-hydrogen) atoms. The fourth-order valence-corrected chi connectivity index (χ4v) is 1.77. The molecule has 0 aliphatic carbocycles. The van der Waals surface area contributed by atoms with E-state index in [9.17, 15) is 0 Å². The van der Waals surface area contributed by atoms with Crippen LogP contribution in [0.3, 0.4) is 0 Å². The summed E-state index contributed by atoms with van der Waals surface area (Å²) in [4.78, 5) is 10.4. The highest BCUT2D eigenvalue weighted by Crippen LogP contribution is 2.12. The molecule has 0 atom stereocenters. The Kier molecular flexibility index (Phi) is 3.37. The van der Waals surface area contributed by atoms with Gasteiger partial charge in [-0.2, -0.15) is 5.26 Å². The Morgan fingerprint density at radius 3 is 3.06 bits per heavy atom. The molecule has 82 valence electrons. The Labute approximate surface area is 99.2 Å². The molecular formula is C11H11ClN4. The van der Waals surface area contributed by atoms with E-state index >= 15 is 0 Å². The molecule has 2 rings (SSSR count). The van der Waals surface area contributed by atoms with Crippen LogP contribution >= 0.6 is 11.6 Å². The molecule has 0 spiro atoms. The third kappa shape index (κ3) is 2.50. The maximum absolute atomic E-state index is 8.66. The van der Waals surface area contributed by atoms with E-state index in [1.165, 1.54) is 0 Å². The SMILES string of the molecule is N#CCC1=NCCN1Cc1ccc(Cl)nc1. The van der Waals surface area contributed by atoms with E-state index in [4.69, 9.17) is 16.9 Å². The first kappa shape index (κ1) is 10.9. The van der Waals surface area contributed by atoms with Crippen molar-refractivity contribution in [2.75, 3.05) is 13.1 Å². The lowest BCUT2D eigenvalue weighted by Gasteiger charge is -2.18. The quantitative estimate of drug-likeness (QED) is 0.751. The number of amidine groups is 1. The lowest BCUT2D eigenvalue weighted by molar-refractivity contribution is 0.446. The van der Waals surface area contributed by atoms with Gasteiger partial charge in [0.1, 0.15) is 11.0 Å². The van der Waals surface area contributed by atoms with Gasteiger partial charge < -0.3 is 4.90 Å². The lowest BCUT2D eigenvalue weighted by atomic mass is 10.2. The lowest BCUT2D eigenvalue weighted by Crippen LogP contribution is -2.26. The molecule has 2 heterocycles. The predicted molar refractivity (Wildman–Crippen MR) is 62.2 cm³/mol. The molecule has 0 amide bonds. The van der Waals surface area contributed by atoms with Crippen molar-refractivity contribution >= 4 is 17.4 Å². The summed E-state index contributed by atoms with van der Waals surface area (Å²) in [5.41, 5.74) is 1.08. The largest absolute Gasteiger partial charge is 0.353 e. The summed E-state index contributed by atoms with van der Waals surface area (Å²) in [7, 11) is 0. The maximum atomic E-state index is 8.66. The summed E-state index contributed by atoms with van der Waals surface area (Å²) < 4.78 is 0. The normalized spacial score (nSPS) is 14.8. The molecule has 4 nitrogen and oxygen atoms in total. The highest BCUT2D eigenvalue weighted by Gasteiger charge is 2.16. The number of halogens is 1. The standard InChI is InChI=1S/C11H11ClN4/c12-10-2-1-9(7-15-10)8-16-6-5-14-11(16)3-4-13/h1-2,7H,3,5-6,8H2. The van der Waals surface area contributed by atoms with Crippen LogP contribution in [0.4, 0.5) is 0 Å². The van der Waals surface area contributed by atoms with Gasteiger partial charge in [0.05, 0.1) is 19.0 Å². The number of pyridine rings is 1. The van der Waals surface area contributed by atoms with Crippen molar-refractivity contribution in [2.24, 2.45) is 4.99 Å². The Hall–Kier alpha value is -1.60. The van der Waals surface area contributed by atoms with Gasteiger partial charge in [0.2, 0.25) is 0 Å². The Morgan fingerprint density at radius 1 is 1.50 bits per heavy atom.